The van der Waals surface area contributed by atoms with E-state index in [0.29, 0.717) is 19.3 Å². The van der Waals surface area contributed by atoms with Crippen LogP contribution in [0.25, 0.3) is 0 Å². The van der Waals surface area contributed by atoms with Crippen LogP contribution < -0.4 is 0 Å². The van der Waals surface area contributed by atoms with Gasteiger partial charge in [-0.1, -0.05) is 340 Å². The quantitative estimate of drug-likeness (QED) is 0.0261. The first-order chi connectivity index (χ1) is 37.5. The monoisotopic (exact) mass is 1070 g/mol. The number of rotatable bonds is 63. The van der Waals surface area contributed by atoms with Gasteiger partial charge in [0.25, 0.3) is 0 Å². The molecular weight excluding hydrogens is 937 g/mol. The van der Waals surface area contributed by atoms with Gasteiger partial charge in [-0.3, -0.25) is 14.4 Å². The normalized spacial score (nSPS) is 12.2. The lowest BCUT2D eigenvalue weighted by molar-refractivity contribution is -0.167. The first kappa shape index (κ1) is 73.6. The van der Waals surface area contributed by atoms with Gasteiger partial charge in [-0.2, -0.15) is 0 Å². The van der Waals surface area contributed by atoms with Crippen LogP contribution in [0.2, 0.25) is 0 Å². The summed E-state index contributed by atoms with van der Waals surface area (Å²) in [7, 11) is 0. The zero-order valence-electron chi connectivity index (χ0n) is 51.3. The molecule has 0 aromatic carbocycles. The summed E-state index contributed by atoms with van der Waals surface area (Å²) in [6.07, 6.45) is 80.3. The molecule has 0 amide bonds. The van der Waals surface area contributed by atoms with E-state index >= 15 is 0 Å². The van der Waals surface area contributed by atoms with Crippen molar-refractivity contribution >= 4 is 17.9 Å². The number of carbonyl (C=O) groups is 3. The van der Waals surface area contributed by atoms with Gasteiger partial charge in [-0.15, -0.1) is 0 Å². The van der Waals surface area contributed by atoms with E-state index in [0.717, 1.165) is 96.3 Å². The molecule has 0 heterocycles. The Morgan fingerprint density at radius 2 is 0.513 bits per heavy atom. The van der Waals surface area contributed by atoms with Crippen LogP contribution in [0.4, 0.5) is 0 Å². The summed E-state index contributed by atoms with van der Waals surface area (Å²) in [6.45, 7) is 6.59. The molecule has 0 saturated heterocycles. The Morgan fingerprint density at radius 1 is 0.276 bits per heavy atom. The Balaban J connectivity index is 4.21. The zero-order chi connectivity index (χ0) is 55.0. The Labute approximate surface area is 474 Å². The minimum absolute atomic E-state index is 0.0721. The van der Waals surface area contributed by atoms with Crippen molar-refractivity contribution in [2.45, 2.75) is 380 Å². The fourth-order valence-corrected chi connectivity index (χ4v) is 10.3. The molecule has 0 rings (SSSR count). The molecule has 6 heteroatoms. The number of ether oxygens (including phenoxy) is 3. The van der Waals surface area contributed by atoms with E-state index in [2.05, 4.69) is 57.2 Å². The van der Waals surface area contributed by atoms with Gasteiger partial charge in [0, 0.05) is 19.3 Å². The van der Waals surface area contributed by atoms with Crippen LogP contribution in [0.1, 0.15) is 374 Å². The third kappa shape index (κ3) is 62.5. The minimum Gasteiger partial charge on any atom is -0.462 e. The number of hydrogen-bond acceptors (Lipinski definition) is 6. The van der Waals surface area contributed by atoms with Gasteiger partial charge in [0.05, 0.1) is 0 Å². The third-order valence-electron chi connectivity index (χ3n) is 15.4. The van der Waals surface area contributed by atoms with Crippen LogP contribution in [0, 0.1) is 0 Å². The lowest BCUT2D eigenvalue weighted by Crippen LogP contribution is -2.30. The maximum absolute atomic E-state index is 12.9. The number of hydrogen-bond donors (Lipinski definition) is 0. The lowest BCUT2D eigenvalue weighted by Gasteiger charge is -2.18. The van der Waals surface area contributed by atoms with E-state index in [1.807, 2.05) is 0 Å². The predicted octanol–water partition coefficient (Wildman–Crippen LogP) is 23.2. The molecule has 0 saturated carbocycles. The van der Waals surface area contributed by atoms with Crippen molar-refractivity contribution in [3.63, 3.8) is 0 Å². The van der Waals surface area contributed by atoms with Crippen LogP contribution in [0.15, 0.2) is 36.5 Å². The SMILES string of the molecule is CC/C=C\C/C=C\C/C=C\CCCCCCCC(=O)OCC(COC(=O)CCCCCCCCCCCCCCCCCCCCCCCCCCCCC)OC(=O)CCCCCCCCCCCCCCCCCC. The molecule has 0 N–H and O–H groups in total. The molecule has 0 aliphatic carbocycles. The minimum atomic E-state index is -0.776. The highest BCUT2D eigenvalue weighted by molar-refractivity contribution is 5.71. The summed E-state index contributed by atoms with van der Waals surface area (Å²) in [4.78, 5) is 38.3. The molecular formula is C70H130O6. The molecule has 1 atom stereocenters. The summed E-state index contributed by atoms with van der Waals surface area (Å²) >= 11 is 0. The summed E-state index contributed by atoms with van der Waals surface area (Å²) < 4.78 is 17.0. The van der Waals surface area contributed by atoms with Crippen molar-refractivity contribution < 1.29 is 28.6 Å². The number of allylic oxidation sites excluding steroid dienone is 6. The summed E-state index contributed by atoms with van der Waals surface area (Å²) in [5.41, 5.74) is 0. The van der Waals surface area contributed by atoms with Crippen LogP contribution in [0.3, 0.4) is 0 Å². The van der Waals surface area contributed by atoms with Crippen LogP contribution in [-0.4, -0.2) is 37.2 Å². The molecule has 1 unspecified atom stereocenters. The second-order valence-electron chi connectivity index (χ2n) is 23.1. The average molecular weight is 1070 g/mol. The Hall–Kier alpha value is -2.37. The summed E-state index contributed by atoms with van der Waals surface area (Å²) in [5.74, 6) is -0.862. The largest absolute Gasteiger partial charge is 0.462 e. The van der Waals surface area contributed by atoms with Crippen molar-refractivity contribution in [3.8, 4) is 0 Å². The second kappa shape index (κ2) is 65.2. The van der Waals surface area contributed by atoms with E-state index in [1.165, 1.54) is 238 Å². The van der Waals surface area contributed by atoms with E-state index < -0.39 is 6.10 Å². The summed E-state index contributed by atoms with van der Waals surface area (Å²) in [6, 6.07) is 0. The first-order valence-electron chi connectivity index (χ1n) is 34.0. The maximum Gasteiger partial charge on any atom is 0.306 e. The molecule has 0 aliphatic heterocycles. The van der Waals surface area contributed by atoms with E-state index in [-0.39, 0.29) is 31.1 Å². The van der Waals surface area contributed by atoms with E-state index in [9.17, 15) is 14.4 Å². The van der Waals surface area contributed by atoms with Crippen molar-refractivity contribution in [2.24, 2.45) is 0 Å². The number of carbonyl (C=O) groups excluding carboxylic acids is 3. The van der Waals surface area contributed by atoms with E-state index in [4.69, 9.17) is 14.2 Å². The van der Waals surface area contributed by atoms with Crippen molar-refractivity contribution in [1.82, 2.24) is 0 Å². The average Bonchev–Trinajstić information content (AvgIpc) is 3.42. The molecule has 0 aromatic heterocycles. The highest BCUT2D eigenvalue weighted by atomic mass is 16.6. The third-order valence-corrected chi connectivity index (χ3v) is 15.4. The van der Waals surface area contributed by atoms with Crippen molar-refractivity contribution in [1.29, 1.82) is 0 Å². The molecule has 6 nitrogen and oxygen atoms in total. The topological polar surface area (TPSA) is 78.9 Å². The van der Waals surface area contributed by atoms with Gasteiger partial charge in [-0.05, 0) is 51.4 Å². The van der Waals surface area contributed by atoms with Gasteiger partial charge in [-0.25, -0.2) is 0 Å². The predicted molar refractivity (Wildman–Crippen MR) is 330 cm³/mol. The van der Waals surface area contributed by atoms with Gasteiger partial charge in [0.1, 0.15) is 13.2 Å². The van der Waals surface area contributed by atoms with Crippen LogP contribution in [-0.2, 0) is 28.6 Å². The molecule has 0 aromatic rings. The Kier molecular flexibility index (Phi) is 63.1. The standard InChI is InChI=1S/C70H130O6/c1-4-7-10-13-16-19-22-25-28-30-31-32-33-34-35-36-37-38-39-40-43-45-48-51-54-57-60-63-69(72)75-66-67(65-74-68(71)62-59-56-53-50-47-44-41-27-24-21-18-15-12-9-6-3)76-70(73)64-61-58-55-52-49-46-42-29-26-23-20-17-14-11-8-5-2/h9,12,18,21,27,41,67H,4-8,10-11,13-17,19-20,22-26,28-40,42-66H2,1-3H3/b12-9-,21-18-,41-27-. The van der Waals surface area contributed by atoms with Crippen molar-refractivity contribution in [3.05, 3.63) is 36.5 Å². The highest BCUT2D eigenvalue weighted by Gasteiger charge is 2.19. The first-order valence-corrected chi connectivity index (χ1v) is 34.0. The number of esters is 3. The Bertz CT molecular complexity index is 1270. The lowest BCUT2D eigenvalue weighted by atomic mass is 10.0. The molecule has 0 bridgehead atoms. The molecule has 0 spiro atoms. The van der Waals surface area contributed by atoms with Gasteiger partial charge < -0.3 is 14.2 Å². The highest BCUT2D eigenvalue weighted by Crippen LogP contribution is 2.19. The molecule has 76 heavy (non-hydrogen) atoms. The van der Waals surface area contributed by atoms with Crippen LogP contribution >= 0.6 is 0 Å². The van der Waals surface area contributed by atoms with E-state index in [1.54, 1.807) is 0 Å². The molecule has 446 valence electrons. The maximum atomic E-state index is 12.9. The second-order valence-corrected chi connectivity index (χ2v) is 23.1. The smallest absolute Gasteiger partial charge is 0.306 e. The van der Waals surface area contributed by atoms with Gasteiger partial charge >= 0.3 is 17.9 Å². The van der Waals surface area contributed by atoms with Crippen LogP contribution in [0.5, 0.6) is 0 Å². The van der Waals surface area contributed by atoms with Crippen molar-refractivity contribution in [2.75, 3.05) is 13.2 Å². The zero-order valence-corrected chi connectivity index (χ0v) is 51.3. The van der Waals surface area contributed by atoms with Gasteiger partial charge in [0.2, 0.25) is 0 Å². The fraction of sp³-hybridized carbons (Fsp3) is 0.871. The van der Waals surface area contributed by atoms with Gasteiger partial charge in [0.15, 0.2) is 6.10 Å². The molecule has 0 fully saturated rings. The fourth-order valence-electron chi connectivity index (χ4n) is 10.3. The molecule has 0 radical (unpaired) electrons. The molecule has 0 aliphatic rings. The Morgan fingerprint density at radius 3 is 0.803 bits per heavy atom. The summed E-state index contributed by atoms with van der Waals surface area (Å²) in [5, 5.41) is 0. The number of unbranched alkanes of at least 4 members (excludes halogenated alkanes) is 46.